The summed E-state index contributed by atoms with van der Waals surface area (Å²) < 4.78 is 6.01. The van der Waals surface area contributed by atoms with Gasteiger partial charge in [-0.25, -0.2) is 4.79 Å². The highest BCUT2D eigenvalue weighted by Gasteiger charge is 2.49. The summed E-state index contributed by atoms with van der Waals surface area (Å²) in [5.41, 5.74) is 4.29. The molecule has 0 radical (unpaired) electrons. The Morgan fingerprint density at radius 3 is 2.53 bits per heavy atom. The van der Waals surface area contributed by atoms with E-state index < -0.39 is 18.2 Å². The third kappa shape index (κ3) is 3.69. The number of ketones is 1. The van der Waals surface area contributed by atoms with Crippen LogP contribution in [0.25, 0.3) is 0 Å². The lowest BCUT2D eigenvalue weighted by Gasteiger charge is -2.42. The number of allylic oxidation sites excluding steroid dienone is 1. The van der Waals surface area contributed by atoms with Gasteiger partial charge in [-0.1, -0.05) is 79.5 Å². The van der Waals surface area contributed by atoms with Gasteiger partial charge in [-0.05, 0) is 41.3 Å². The zero-order valence-electron chi connectivity index (χ0n) is 19.8. The smallest absolute Gasteiger partial charge is 0.340 e. The summed E-state index contributed by atoms with van der Waals surface area (Å²) in [6.07, 6.45) is 1.82. The first-order valence-corrected chi connectivity index (χ1v) is 12.6. The fourth-order valence-corrected chi connectivity index (χ4v) is 5.99. The normalized spacial score (nSPS) is 24.1. The predicted molar refractivity (Wildman–Crippen MR) is 141 cm³/mol. The highest BCUT2D eigenvalue weighted by atomic mass is 35.5. The van der Waals surface area contributed by atoms with Gasteiger partial charge < -0.3 is 15.0 Å². The van der Waals surface area contributed by atoms with E-state index in [-0.39, 0.29) is 17.2 Å². The zero-order chi connectivity index (χ0) is 25.2. The van der Waals surface area contributed by atoms with Crippen molar-refractivity contribution >= 4 is 46.3 Å². The van der Waals surface area contributed by atoms with Gasteiger partial charge in [-0.15, -0.1) is 0 Å². The lowest BCUT2D eigenvalue weighted by atomic mass is 9.72. The summed E-state index contributed by atoms with van der Waals surface area (Å²) in [7, 11) is 0. The van der Waals surface area contributed by atoms with E-state index in [0.29, 0.717) is 22.0 Å². The molecule has 0 saturated heterocycles. The molecule has 3 aromatic rings. The molecular formula is C29H24Cl2N2O3. The summed E-state index contributed by atoms with van der Waals surface area (Å²) in [4.78, 5) is 28.8. The number of Topliss-reactive ketones (excluding diaryl/α,β-unsaturated/α-hetero) is 1. The van der Waals surface area contributed by atoms with Gasteiger partial charge in [0.05, 0.1) is 38.9 Å². The van der Waals surface area contributed by atoms with Crippen LogP contribution in [-0.4, -0.2) is 11.8 Å². The fourth-order valence-electron chi connectivity index (χ4n) is 5.68. The van der Waals surface area contributed by atoms with Crippen LogP contribution >= 0.6 is 23.2 Å². The van der Waals surface area contributed by atoms with E-state index in [1.807, 2.05) is 59.5 Å². The van der Waals surface area contributed by atoms with Crippen LogP contribution < -0.4 is 10.2 Å². The number of para-hydroxylation sites is 2. The first-order chi connectivity index (χ1) is 17.2. The van der Waals surface area contributed by atoms with E-state index in [0.717, 1.165) is 28.2 Å². The number of rotatable bonds is 2. The number of halogens is 2. The van der Waals surface area contributed by atoms with Crippen LogP contribution in [0.4, 0.5) is 11.4 Å². The Morgan fingerprint density at radius 2 is 1.72 bits per heavy atom. The molecule has 0 spiro atoms. The summed E-state index contributed by atoms with van der Waals surface area (Å²) in [6.45, 7) is 4.13. The minimum atomic E-state index is -0.724. The number of carbonyl (C=O) groups is 2. The quantitative estimate of drug-likeness (QED) is 0.359. The number of esters is 1. The highest BCUT2D eigenvalue weighted by Crippen LogP contribution is 2.53. The van der Waals surface area contributed by atoms with Crippen LogP contribution in [0.1, 0.15) is 54.0 Å². The van der Waals surface area contributed by atoms with Gasteiger partial charge in [0.2, 0.25) is 6.23 Å². The summed E-state index contributed by atoms with van der Waals surface area (Å²) in [6, 6.07) is 20.2. The van der Waals surface area contributed by atoms with Crippen LogP contribution in [0.5, 0.6) is 0 Å². The molecule has 6 rings (SSSR count). The van der Waals surface area contributed by atoms with Crippen molar-refractivity contribution in [3.8, 4) is 0 Å². The Bertz CT molecular complexity index is 1450. The minimum Gasteiger partial charge on any atom is -0.433 e. The van der Waals surface area contributed by atoms with E-state index in [4.69, 9.17) is 27.9 Å². The molecule has 3 aromatic carbocycles. The Labute approximate surface area is 219 Å². The van der Waals surface area contributed by atoms with Gasteiger partial charge in [0, 0.05) is 17.7 Å². The van der Waals surface area contributed by atoms with Crippen LogP contribution in [0, 0.1) is 11.3 Å². The molecule has 3 aliphatic rings. The second kappa shape index (κ2) is 8.39. The molecule has 2 heterocycles. The molecule has 36 heavy (non-hydrogen) atoms. The van der Waals surface area contributed by atoms with Gasteiger partial charge in [0.1, 0.15) is 5.78 Å². The molecule has 1 aliphatic carbocycles. The molecule has 3 atom stereocenters. The Kier molecular flexibility index (Phi) is 5.39. The lowest BCUT2D eigenvalue weighted by molar-refractivity contribution is -0.124. The van der Waals surface area contributed by atoms with Gasteiger partial charge in [0.25, 0.3) is 0 Å². The second-order valence-corrected chi connectivity index (χ2v) is 11.0. The summed E-state index contributed by atoms with van der Waals surface area (Å²) in [5, 5.41) is 4.40. The standard InChI is InChI=1S/C29H24Cl2N2O3/c1-29(2)14-22-25(24(34)15-29)26(16-11-12-19(30)20(31)13-16)33(23-10-6-5-9-21(23)32-22)27-17-7-3-4-8-18(17)28(35)36-27/h3-14,25-27,32H,15H2,1-2H3/t25-,26-,27+/m0/s1. The molecule has 182 valence electrons. The number of ether oxygens (including phenoxy) is 1. The van der Waals surface area contributed by atoms with Gasteiger partial charge >= 0.3 is 5.97 Å². The molecule has 2 aliphatic heterocycles. The van der Waals surface area contributed by atoms with Crippen molar-refractivity contribution in [2.24, 2.45) is 11.3 Å². The maximum atomic E-state index is 13.9. The molecule has 1 N–H and O–H groups in total. The second-order valence-electron chi connectivity index (χ2n) is 10.2. The van der Waals surface area contributed by atoms with Crippen LogP contribution in [0.3, 0.4) is 0 Å². The Hall–Kier alpha value is -3.28. The first kappa shape index (κ1) is 23.1. The number of anilines is 2. The van der Waals surface area contributed by atoms with Gasteiger partial charge in [-0.2, -0.15) is 0 Å². The largest absolute Gasteiger partial charge is 0.433 e. The lowest BCUT2D eigenvalue weighted by Crippen LogP contribution is -2.42. The van der Waals surface area contributed by atoms with E-state index in [2.05, 4.69) is 25.2 Å². The number of cyclic esters (lactones) is 1. The third-order valence-corrected chi connectivity index (χ3v) is 7.88. The van der Waals surface area contributed by atoms with Gasteiger partial charge in [0.15, 0.2) is 0 Å². The molecule has 0 bridgehead atoms. The van der Waals surface area contributed by atoms with Crippen LogP contribution in [-0.2, 0) is 9.53 Å². The van der Waals surface area contributed by atoms with E-state index in [1.54, 1.807) is 12.1 Å². The van der Waals surface area contributed by atoms with Crippen molar-refractivity contribution in [1.29, 1.82) is 0 Å². The van der Waals surface area contributed by atoms with Gasteiger partial charge in [-0.3, -0.25) is 4.79 Å². The molecule has 5 nitrogen and oxygen atoms in total. The summed E-state index contributed by atoms with van der Waals surface area (Å²) >= 11 is 12.8. The van der Waals surface area contributed by atoms with Crippen molar-refractivity contribution in [2.45, 2.75) is 32.5 Å². The molecule has 0 unspecified atom stereocenters. The number of benzene rings is 3. The fraction of sp³-hybridized carbons (Fsp3) is 0.241. The monoisotopic (exact) mass is 518 g/mol. The maximum Gasteiger partial charge on any atom is 0.340 e. The average Bonchev–Trinajstić information content (AvgIpc) is 3.08. The number of carbonyl (C=O) groups excluding carboxylic acids is 2. The third-order valence-electron chi connectivity index (χ3n) is 7.14. The maximum absolute atomic E-state index is 13.9. The number of fused-ring (bicyclic) bond motifs is 3. The first-order valence-electron chi connectivity index (χ1n) is 11.9. The Balaban J connectivity index is 1.64. The summed E-state index contributed by atoms with van der Waals surface area (Å²) in [5.74, 6) is -0.810. The van der Waals surface area contributed by atoms with Crippen LogP contribution in [0.15, 0.2) is 78.5 Å². The average molecular weight is 519 g/mol. The predicted octanol–water partition coefficient (Wildman–Crippen LogP) is 7.33. The van der Waals surface area contributed by atoms with E-state index in [9.17, 15) is 9.59 Å². The number of hydrogen-bond acceptors (Lipinski definition) is 5. The number of hydrogen-bond donors (Lipinski definition) is 1. The molecule has 0 saturated carbocycles. The number of nitrogens with zero attached hydrogens (tertiary/aromatic N) is 1. The molecule has 0 fully saturated rings. The van der Waals surface area contributed by atoms with Crippen molar-refractivity contribution in [1.82, 2.24) is 0 Å². The van der Waals surface area contributed by atoms with Crippen molar-refractivity contribution in [3.63, 3.8) is 0 Å². The van der Waals surface area contributed by atoms with Crippen molar-refractivity contribution in [3.05, 3.63) is 105 Å². The Morgan fingerprint density at radius 1 is 0.972 bits per heavy atom. The van der Waals surface area contributed by atoms with E-state index in [1.165, 1.54) is 0 Å². The highest BCUT2D eigenvalue weighted by molar-refractivity contribution is 6.42. The molecule has 0 aromatic heterocycles. The number of nitrogens with one attached hydrogen (secondary N) is 1. The van der Waals surface area contributed by atoms with E-state index >= 15 is 0 Å². The molecule has 7 heteroatoms. The molecular weight excluding hydrogens is 495 g/mol. The zero-order valence-corrected chi connectivity index (χ0v) is 21.3. The van der Waals surface area contributed by atoms with Crippen molar-refractivity contribution < 1.29 is 14.3 Å². The van der Waals surface area contributed by atoms with Crippen molar-refractivity contribution in [2.75, 3.05) is 10.2 Å². The topological polar surface area (TPSA) is 58.6 Å². The van der Waals surface area contributed by atoms with Crippen LogP contribution in [0.2, 0.25) is 10.0 Å². The molecule has 0 amide bonds. The minimum absolute atomic E-state index is 0.108. The SMILES string of the molecule is CC1(C)C=C2Nc3ccccc3N([C@@H]3OC(=O)c4ccccc43)[C@@H](c3ccc(Cl)c(Cl)c3)[C@@H]2C(=O)C1.